The van der Waals surface area contributed by atoms with Gasteiger partial charge in [-0.15, -0.1) is 10.2 Å². The van der Waals surface area contributed by atoms with E-state index in [0.717, 1.165) is 31.7 Å². The second-order valence-electron chi connectivity index (χ2n) is 6.32. The molecule has 2 aliphatic rings. The van der Waals surface area contributed by atoms with Crippen LogP contribution in [0.2, 0.25) is 0 Å². The lowest BCUT2D eigenvalue weighted by molar-refractivity contribution is 0.0918. The Morgan fingerprint density at radius 2 is 2.04 bits per heavy atom. The maximum Gasteiger partial charge on any atom is 0.272 e. The first-order chi connectivity index (χ1) is 12.2. The molecular formula is C18H19FN4O2. The fourth-order valence-electron chi connectivity index (χ4n) is 3.31. The number of amides is 1. The molecule has 0 saturated carbocycles. The highest BCUT2D eigenvalue weighted by molar-refractivity contribution is 5.92. The van der Waals surface area contributed by atoms with Crippen LogP contribution < -0.4 is 15.0 Å². The molecule has 25 heavy (non-hydrogen) atoms. The topological polar surface area (TPSA) is 67.3 Å². The molecule has 7 heteroatoms. The molecule has 0 aliphatic carbocycles. The highest BCUT2D eigenvalue weighted by Crippen LogP contribution is 2.32. The fraction of sp³-hybridized carbons (Fsp3) is 0.389. The van der Waals surface area contributed by atoms with Crippen LogP contribution in [0.3, 0.4) is 0 Å². The summed E-state index contributed by atoms with van der Waals surface area (Å²) in [4.78, 5) is 14.6. The van der Waals surface area contributed by atoms with Crippen molar-refractivity contribution in [1.29, 1.82) is 0 Å². The molecule has 1 atom stereocenters. The number of aromatic nitrogens is 2. The van der Waals surface area contributed by atoms with Crippen molar-refractivity contribution in [1.82, 2.24) is 15.5 Å². The highest BCUT2D eigenvalue weighted by atomic mass is 19.1. The van der Waals surface area contributed by atoms with Crippen molar-refractivity contribution in [2.75, 3.05) is 24.6 Å². The number of fused-ring (bicyclic) bond motifs is 1. The van der Waals surface area contributed by atoms with E-state index in [-0.39, 0.29) is 23.5 Å². The lowest BCUT2D eigenvalue weighted by Gasteiger charge is -2.26. The number of benzene rings is 1. The molecule has 1 unspecified atom stereocenters. The van der Waals surface area contributed by atoms with E-state index in [1.165, 1.54) is 12.1 Å². The average molecular weight is 342 g/mol. The molecule has 6 nitrogen and oxygen atoms in total. The molecule has 1 N–H and O–H groups in total. The summed E-state index contributed by atoms with van der Waals surface area (Å²) in [6.45, 7) is 2.43. The van der Waals surface area contributed by atoms with Gasteiger partial charge in [-0.25, -0.2) is 4.39 Å². The summed E-state index contributed by atoms with van der Waals surface area (Å²) < 4.78 is 19.0. The Hall–Kier alpha value is -2.70. The zero-order valence-electron chi connectivity index (χ0n) is 13.7. The van der Waals surface area contributed by atoms with Crippen molar-refractivity contribution in [2.24, 2.45) is 0 Å². The van der Waals surface area contributed by atoms with Gasteiger partial charge in [-0.3, -0.25) is 4.79 Å². The van der Waals surface area contributed by atoms with Crippen LogP contribution in [0.4, 0.5) is 10.2 Å². The van der Waals surface area contributed by atoms with Crippen LogP contribution in [-0.4, -0.2) is 35.8 Å². The van der Waals surface area contributed by atoms with Gasteiger partial charge in [0.15, 0.2) is 11.5 Å². The Labute approximate surface area is 145 Å². The van der Waals surface area contributed by atoms with Crippen molar-refractivity contribution in [2.45, 2.75) is 25.3 Å². The van der Waals surface area contributed by atoms with Crippen molar-refractivity contribution < 1.29 is 13.9 Å². The van der Waals surface area contributed by atoms with Gasteiger partial charge >= 0.3 is 0 Å². The Kier molecular flexibility index (Phi) is 4.21. The summed E-state index contributed by atoms with van der Waals surface area (Å²) in [6.07, 6.45) is 2.90. The number of rotatable bonds is 3. The summed E-state index contributed by atoms with van der Waals surface area (Å²) >= 11 is 0. The molecule has 0 radical (unpaired) electrons. The molecule has 2 aliphatic heterocycles. The predicted octanol–water partition coefficient (Wildman–Crippen LogP) is 2.47. The van der Waals surface area contributed by atoms with E-state index < -0.39 is 0 Å². The maximum atomic E-state index is 13.5. The van der Waals surface area contributed by atoms with Crippen LogP contribution in [0.5, 0.6) is 5.75 Å². The van der Waals surface area contributed by atoms with Gasteiger partial charge in [0.1, 0.15) is 11.6 Å². The minimum Gasteiger partial charge on any atom is -0.493 e. The summed E-state index contributed by atoms with van der Waals surface area (Å²) in [5, 5.41) is 11.1. The molecule has 1 aromatic heterocycles. The van der Waals surface area contributed by atoms with Gasteiger partial charge < -0.3 is 15.0 Å². The summed E-state index contributed by atoms with van der Waals surface area (Å²) in [6, 6.07) is 7.56. The number of carbonyl (C=O) groups excluding carboxylic acids is 1. The molecule has 130 valence electrons. The second kappa shape index (κ2) is 6.66. The summed E-state index contributed by atoms with van der Waals surface area (Å²) in [5.74, 6) is 0.738. The van der Waals surface area contributed by atoms with Crippen LogP contribution >= 0.6 is 0 Å². The van der Waals surface area contributed by atoms with Crippen molar-refractivity contribution >= 4 is 11.7 Å². The minimum absolute atomic E-state index is 0.257. The number of hydrogen-bond acceptors (Lipinski definition) is 5. The van der Waals surface area contributed by atoms with E-state index in [9.17, 15) is 9.18 Å². The standard InChI is InChI=1S/C18H19FN4O2/c19-12-3-5-16-13(11-12)14(7-10-25-16)20-18(24)15-4-6-17(22-21-15)23-8-1-2-9-23/h3-6,11,14H,1-2,7-10H2,(H,20,24). The first kappa shape index (κ1) is 15.8. The van der Waals surface area contributed by atoms with Gasteiger partial charge in [0.2, 0.25) is 0 Å². The van der Waals surface area contributed by atoms with Crippen LogP contribution in [0.15, 0.2) is 30.3 Å². The molecular weight excluding hydrogens is 323 g/mol. The number of halogens is 1. The number of anilines is 1. The number of hydrogen-bond donors (Lipinski definition) is 1. The third kappa shape index (κ3) is 3.26. The zero-order chi connectivity index (χ0) is 17.2. The van der Waals surface area contributed by atoms with Gasteiger partial charge in [0.25, 0.3) is 5.91 Å². The SMILES string of the molecule is O=C(NC1CCOc2ccc(F)cc21)c1ccc(N2CCCC2)nn1. The van der Waals surface area contributed by atoms with Crippen molar-refractivity contribution in [3.8, 4) is 5.75 Å². The number of carbonyl (C=O) groups is 1. The fourth-order valence-corrected chi connectivity index (χ4v) is 3.31. The lowest BCUT2D eigenvalue weighted by atomic mass is 10.00. The van der Waals surface area contributed by atoms with Crippen LogP contribution in [0, 0.1) is 5.82 Å². The van der Waals surface area contributed by atoms with E-state index in [2.05, 4.69) is 20.4 Å². The number of nitrogens with one attached hydrogen (secondary N) is 1. The Bertz CT molecular complexity index is 775. The highest BCUT2D eigenvalue weighted by Gasteiger charge is 2.25. The van der Waals surface area contributed by atoms with Gasteiger partial charge in [0, 0.05) is 25.1 Å². The summed E-state index contributed by atoms with van der Waals surface area (Å²) in [5.41, 5.74) is 0.911. The van der Waals surface area contributed by atoms with Gasteiger partial charge in [-0.2, -0.15) is 0 Å². The predicted molar refractivity (Wildman–Crippen MR) is 90.2 cm³/mol. The van der Waals surface area contributed by atoms with Gasteiger partial charge in [-0.1, -0.05) is 0 Å². The van der Waals surface area contributed by atoms with E-state index in [0.29, 0.717) is 24.3 Å². The molecule has 0 bridgehead atoms. The first-order valence-corrected chi connectivity index (χ1v) is 8.52. The molecule has 3 heterocycles. The molecule has 1 saturated heterocycles. The largest absolute Gasteiger partial charge is 0.493 e. The van der Waals surface area contributed by atoms with Crippen LogP contribution in [0.25, 0.3) is 0 Å². The quantitative estimate of drug-likeness (QED) is 0.928. The lowest BCUT2D eigenvalue weighted by Crippen LogP contribution is -2.33. The third-order valence-corrected chi connectivity index (χ3v) is 4.63. The van der Waals surface area contributed by atoms with Gasteiger partial charge in [-0.05, 0) is 43.2 Å². The third-order valence-electron chi connectivity index (χ3n) is 4.63. The smallest absolute Gasteiger partial charge is 0.272 e. The molecule has 1 fully saturated rings. The number of nitrogens with zero attached hydrogens (tertiary/aromatic N) is 3. The number of ether oxygens (including phenoxy) is 1. The van der Waals surface area contributed by atoms with E-state index in [1.807, 2.05) is 6.07 Å². The Morgan fingerprint density at radius 1 is 1.20 bits per heavy atom. The normalized spacial score (nSPS) is 19.2. The molecule has 0 spiro atoms. The Balaban J connectivity index is 1.48. The van der Waals surface area contributed by atoms with Crippen molar-refractivity contribution in [3.05, 3.63) is 47.4 Å². The second-order valence-corrected chi connectivity index (χ2v) is 6.32. The van der Waals surface area contributed by atoms with Crippen molar-refractivity contribution in [3.63, 3.8) is 0 Å². The maximum absolute atomic E-state index is 13.5. The van der Waals surface area contributed by atoms with E-state index in [4.69, 9.17) is 4.74 Å². The first-order valence-electron chi connectivity index (χ1n) is 8.52. The molecule has 1 amide bonds. The molecule has 1 aromatic carbocycles. The van der Waals surface area contributed by atoms with E-state index in [1.54, 1.807) is 12.1 Å². The van der Waals surface area contributed by atoms with E-state index >= 15 is 0 Å². The van der Waals surface area contributed by atoms with Crippen LogP contribution in [-0.2, 0) is 0 Å². The monoisotopic (exact) mass is 342 g/mol. The molecule has 4 rings (SSSR count). The minimum atomic E-state index is -0.349. The Morgan fingerprint density at radius 3 is 2.80 bits per heavy atom. The average Bonchev–Trinajstić information content (AvgIpc) is 3.17. The molecule has 2 aromatic rings. The van der Waals surface area contributed by atoms with Gasteiger partial charge in [0.05, 0.1) is 12.6 Å². The summed E-state index contributed by atoms with van der Waals surface area (Å²) in [7, 11) is 0. The van der Waals surface area contributed by atoms with Crippen LogP contribution in [0.1, 0.15) is 41.4 Å². The zero-order valence-corrected chi connectivity index (χ0v) is 13.7.